The molecule has 2 rings (SSSR count). The van der Waals surface area contributed by atoms with E-state index in [1.54, 1.807) is 0 Å². The lowest BCUT2D eigenvalue weighted by atomic mass is 9.96. The molecule has 1 saturated carbocycles. The number of furan rings is 1. The van der Waals surface area contributed by atoms with Crippen LogP contribution < -0.4 is 0 Å². The molecule has 0 amide bonds. The van der Waals surface area contributed by atoms with Gasteiger partial charge in [0.25, 0.3) is 0 Å². The van der Waals surface area contributed by atoms with Crippen molar-refractivity contribution in [2.75, 3.05) is 0 Å². The van der Waals surface area contributed by atoms with Crippen LogP contribution in [0.25, 0.3) is 0 Å². The summed E-state index contributed by atoms with van der Waals surface area (Å²) in [5, 5.41) is 0.310. The zero-order valence-electron chi connectivity index (χ0n) is 6.96. The van der Waals surface area contributed by atoms with Crippen molar-refractivity contribution in [2.24, 2.45) is 0 Å². The van der Waals surface area contributed by atoms with E-state index in [4.69, 9.17) is 20.8 Å². The molecule has 0 unspecified atom stereocenters. The summed E-state index contributed by atoms with van der Waals surface area (Å²) in [6.45, 7) is 0. The molecule has 1 aromatic heterocycles. The zero-order valence-corrected chi connectivity index (χ0v) is 7.71. The molecule has 0 aliphatic heterocycles. The molecule has 4 heteroatoms. The van der Waals surface area contributed by atoms with Crippen molar-refractivity contribution in [3.63, 3.8) is 0 Å². The lowest BCUT2D eigenvalue weighted by Crippen LogP contribution is -2.24. The highest BCUT2D eigenvalue weighted by Gasteiger charge is 2.25. The van der Waals surface area contributed by atoms with E-state index in [0.29, 0.717) is 5.02 Å². The van der Waals surface area contributed by atoms with Gasteiger partial charge < -0.3 is 9.15 Å². The third kappa shape index (κ3) is 1.70. The van der Waals surface area contributed by atoms with Crippen molar-refractivity contribution in [1.29, 1.82) is 0 Å². The van der Waals surface area contributed by atoms with Crippen LogP contribution in [-0.2, 0) is 4.74 Å². The van der Waals surface area contributed by atoms with Crippen LogP contribution in [0.3, 0.4) is 0 Å². The van der Waals surface area contributed by atoms with E-state index in [-0.39, 0.29) is 11.9 Å². The van der Waals surface area contributed by atoms with E-state index in [1.807, 2.05) is 0 Å². The smallest absolute Gasteiger partial charge is 0.376 e. The van der Waals surface area contributed by atoms with Crippen LogP contribution in [0.4, 0.5) is 0 Å². The van der Waals surface area contributed by atoms with Gasteiger partial charge in [-0.15, -0.1) is 0 Å². The molecule has 1 heterocycles. The molecule has 1 aliphatic rings. The minimum Gasteiger partial charge on any atom is -0.456 e. The van der Waals surface area contributed by atoms with Crippen molar-refractivity contribution in [2.45, 2.75) is 25.4 Å². The second-order valence-corrected chi connectivity index (χ2v) is 3.46. The number of rotatable bonds is 2. The fourth-order valence-electron chi connectivity index (χ4n) is 1.13. The summed E-state index contributed by atoms with van der Waals surface area (Å²) < 4.78 is 9.98. The van der Waals surface area contributed by atoms with Gasteiger partial charge >= 0.3 is 5.97 Å². The molecule has 1 fully saturated rings. The number of halogens is 1. The van der Waals surface area contributed by atoms with E-state index in [1.165, 1.54) is 12.3 Å². The highest BCUT2D eigenvalue weighted by molar-refractivity contribution is 6.33. The predicted molar refractivity (Wildman–Crippen MR) is 46.8 cm³/mol. The molecule has 0 N–H and O–H groups in total. The Balaban J connectivity index is 2.00. The van der Waals surface area contributed by atoms with Gasteiger partial charge in [0.05, 0.1) is 11.3 Å². The molecule has 70 valence electrons. The number of esters is 1. The Bertz CT molecular complexity index is 314. The van der Waals surface area contributed by atoms with E-state index in [2.05, 4.69) is 0 Å². The number of carbonyl (C=O) groups is 1. The maximum Gasteiger partial charge on any atom is 0.376 e. The summed E-state index contributed by atoms with van der Waals surface area (Å²) in [6.07, 6.45) is 4.46. The lowest BCUT2D eigenvalue weighted by Gasteiger charge is -2.24. The average Bonchev–Trinajstić information content (AvgIpc) is 2.43. The minimum atomic E-state index is -0.459. The van der Waals surface area contributed by atoms with Crippen molar-refractivity contribution >= 4 is 17.6 Å². The van der Waals surface area contributed by atoms with Gasteiger partial charge in [0.15, 0.2) is 0 Å². The molecule has 1 aliphatic carbocycles. The second-order valence-electron chi connectivity index (χ2n) is 3.06. The van der Waals surface area contributed by atoms with Crippen molar-refractivity contribution in [3.8, 4) is 0 Å². The van der Waals surface area contributed by atoms with Crippen LogP contribution in [0.1, 0.15) is 29.8 Å². The topological polar surface area (TPSA) is 39.4 Å². The molecule has 0 spiro atoms. The lowest BCUT2D eigenvalue weighted by molar-refractivity contribution is 0.00582. The maximum absolute atomic E-state index is 11.3. The number of carbonyl (C=O) groups excluding carboxylic acids is 1. The Morgan fingerprint density at radius 3 is 2.85 bits per heavy atom. The molecular formula is C9H9ClO3. The highest BCUT2D eigenvalue weighted by atomic mass is 35.5. The summed E-state index contributed by atoms with van der Waals surface area (Å²) in [5.74, 6) is -0.353. The second kappa shape index (κ2) is 3.42. The molecule has 0 radical (unpaired) electrons. The minimum absolute atomic E-state index is 0.0636. The SMILES string of the molecule is O=C(OC1CCC1)c1occc1Cl. The predicted octanol–water partition coefficient (Wildman–Crippen LogP) is 2.64. The highest BCUT2D eigenvalue weighted by Crippen LogP contribution is 2.25. The van der Waals surface area contributed by atoms with Gasteiger partial charge in [-0.2, -0.15) is 0 Å². The van der Waals surface area contributed by atoms with Crippen LogP contribution in [-0.4, -0.2) is 12.1 Å². The van der Waals surface area contributed by atoms with E-state index >= 15 is 0 Å². The first-order valence-corrected chi connectivity index (χ1v) is 4.59. The molecule has 0 saturated heterocycles. The molecule has 0 aromatic carbocycles. The molecule has 13 heavy (non-hydrogen) atoms. The average molecular weight is 201 g/mol. The van der Waals surface area contributed by atoms with E-state index in [9.17, 15) is 4.79 Å². The first kappa shape index (κ1) is 8.63. The Morgan fingerprint density at radius 2 is 2.38 bits per heavy atom. The summed E-state index contributed by atoms with van der Waals surface area (Å²) >= 11 is 5.68. The van der Waals surface area contributed by atoms with Gasteiger partial charge in [-0.3, -0.25) is 0 Å². The first-order valence-electron chi connectivity index (χ1n) is 4.21. The Kier molecular flexibility index (Phi) is 2.27. The summed E-state index contributed by atoms with van der Waals surface area (Å²) in [4.78, 5) is 11.3. The molecular weight excluding hydrogens is 192 g/mol. The van der Waals surface area contributed by atoms with Crippen LogP contribution in [0.2, 0.25) is 5.02 Å². The Hall–Kier alpha value is -0.960. The summed E-state index contributed by atoms with van der Waals surface area (Å²) in [6, 6.07) is 1.53. The van der Waals surface area contributed by atoms with Crippen LogP contribution in [0.5, 0.6) is 0 Å². The molecule has 0 bridgehead atoms. The van der Waals surface area contributed by atoms with Gasteiger partial charge in [0.2, 0.25) is 5.76 Å². The normalized spacial score (nSPS) is 16.7. The van der Waals surface area contributed by atoms with Crippen LogP contribution >= 0.6 is 11.6 Å². The van der Waals surface area contributed by atoms with Crippen LogP contribution in [0, 0.1) is 0 Å². The molecule has 3 nitrogen and oxygen atoms in total. The number of hydrogen-bond acceptors (Lipinski definition) is 3. The Labute approximate surface area is 80.6 Å². The molecule has 1 aromatic rings. The number of ether oxygens (including phenoxy) is 1. The molecule has 0 atom stereocenters. The monoisotopic (exact) mass is 200 g/mol. The van der Waals surface area contributed by atoms with Gasteiger partial charge in [-0.05, 0) is 25.3 Å². The summed E-state index contributed by atoms with van der Waals surface area (Å²) in [7, 11) is 0. The third-order valence-corrected chi connectivity index (χ3v) is 2.43. The standard InChI is InChI=1S/C9H9ClO3/c10-7-4-5-12-8(7)9(11)13-6-2-1-3-6/h4-6H,1-3H2. The van der Waals surface area contributed by atoms with Gasteiger partial charge in [-0.1, -0.05) is 11.6 Å². The Morgan fingerprint density at radius 1 is 1.62 bits per heavy atom. The fourth-order valence-corrected chi connectivity index (χ4v) is 1.31. The zero-order chi connectivity index (χ0) is 9.26. The van der Waals surface area contributed by atoms with Gasteiger partial charge in [0, 0.05) is 0 Å². The largest absolute Gasteiger partial charge is 0.456 e. The first-order chi connectivity index (χ1) is 6.27. The van der Waals surface area contributed by atoms with Crippen molar-refractivity contribution < 1.29 is 13.9 Å². The van der Waals surface area contributed by atoms with E-state index in [0.717, 1.165) is 19.3 Å². The van der Waals surface area contributed by atoms with Gasteiger partial charge in [-0.25, -0.2) is 4.79 Å². The summed E-state index contributed by atoms with van der Waals surface area (Å²) in [5.41, 5.74) is 0. The van der Waals surface area contributed by atoms with Crippen molar-refractivity contribution in [1.82, 2.24) is 0 Å². The third-order valence-electron chi connectivity index (χ3n) is 2.13. The quantitative estimate of drug-likeness (QED) is 0.689. The van der Waals surface area contributed by atoms with Crippen molar-refractivity contribution in [3.05, 3.63) is 23.1 Å². The number of hydrogen-bond donors (Lipinski definition) is 0. The maximum atomic E-state index is 11.3. The van der Waals surface area contributed by atoms with E-state index < -0.39 is 5.97 Å². The van der Waals surface area contributed by atoms with Gasteiger partial charge in [0.1, 0.15) is 6.10 Å². The van der Waals surface area contributed by atoms with Crippen LogP contribution in [0.15, 0.2) is 16.7 Å². The fraction of sp³-hybridized carbons (Fsp3) is 0.444.